The molecular weight excluding hydrogens is 390 g/mol. The summed E-state index contributed by atoms with van der Waals surface area (Å²) >= 11 is 7.81. The van der Waals surface area contributed by atoms with Gasteiger partial charge in [-0.1, -0.05) is 37.6 Å². The fraction of sp³-hybridized carbons (Fsp3) is 0.227. The molecule has 4 rings (SSSR count). The number of rotatable bonds is 3. The van der Waals surface area contributed by atoms with Crippen LogP contribution in [0.2, 0.25) is 5.02 Å². The normalized spacial score (nSPS) is 11.1. The van der Waals surface area contributed by atoms with Gasteiger partial charge >= 0.3 is 0 Å². The van der Waals surface area contributed by atoms with E-state index in [0.717, 1.165) is 38.0 Å². The number of halogens is 1. The lowest BCUT2D eigenvalue weighted by molar-refractivity contribution is 0.703. The molecule has 2 N–H and O–H groups in total. The molecule has 0 aliphatic rings. The summed E-state index contributed by atoms with van der Waals surface area (Å²) < 4.78 is 2.05. The zero-order valence-electron chi connectivity index (χ0n) is 16.7. The second-order valence-corrected chi connectivity index (χ2v) is 8.27. The first-order valence-corrected chi connectivity index (χ1v) is 10.4. The van der Waals surface area contributed by atoms with Gasteiger partial charge in [-0.25, -0.2) is 0 Å². The Kier molecular flexibility index (Phi) is 6.18. The lowest BCUT2D eigenvalue weighted by atomic mass is 10.0. The maximum absolute atomic E-state index is 12.6. The molecule has 4 nitrogen and oxygen atoms in total. The van der Waals surface area contributed by atoms with Crippen molar-refractivity contribution in [1.82, 2.24) is 14.3 Å². The van der Waals surface area contributed by atoms with Crippen molar-refractivity contribution in [3.63, 3.8) is 0 Å². The van der Waals surface area contributed by atoms with Crippen molar-refractivity contribution in [3.8, 4) is 11.1 Å². The number of hydrogen-bond acceptors (Lipinski definition) is 3. The average molecular weight is 414 g/mol. The summed E-state index contributed by atoms with van der Waals surface area (Å²) in [6.07, 6.45) is 0. The van der Waals surface area contributed by atoms with Crippen molar-refractivity contribution in [1.29, 1.82) is 0 Å². The van der Waals surface area contributed by atoms with E-state index < -0.39 is 0 Å². The van der Waals surface area contributed by atoms with Crippen molar-refractivity contribution in [2.24, 2.45) is 0 Å². The highest BCUT2D eigenvalue weighted by Crippen LogP contribution is 2.35. The van der Waals surface area contributed by atoms with E-state index in [4.69, 9.17) is 11.6 Å². The van der Waals surface area contributed by atoms with Crippen molar-refractivity contribution in [2.45, 2.75) is 25.7 Å². The highest BCUT2D eigenvalue weighted by atomic mass is 35.5. The number of H-pyrrole nitrogens is 2. The Bertz CT molecular complexity index is 1190. The Labute approximate surface area is 174 Å². The SMILES string of the molecule is CC.Cc1c(-c2cccc(SN(C)C)c2)c2[nH]c3ccc(Cl)cc3c2[nH]c1=O. The van der Waals surface area contributed by atoms with Crippen molar-refractivity contribution < 1.29 is 0 Å². The molecule has 0 spiro atoms. The summed E-state index contributed by atoms with van der Waals surface area (Å²) in [5.74, 6) is 0. The quantitative estimate of drug-likeness (QED) is 0.391. The van der Waals surface area contributed by atoms with Crippen LogP contribution < -0.4 is 5.56 Å². The number of aromatic amines is 2. The molecule has 6 heteroatoms. The van der Waals surface area contributed by atoms with Gasteiger partial charge < -0.3 is 9.97 Å². The molecule has 0 saturated heterocycles. The Morgan fingerprint density at radius 3 is 2.46 bits per heavy atom. The maximum Gasteiger partial charge on any atom is 0.252 e. The minimum Gasteiger partial charge on any atom is -0.353 e. The molecule has 0 radical (unpaired) electrons. The first-order valence-electron chi connectivity index (χ1n) is 9.23. The molecule has 0 aliphatic carbocycles. The van der Waals surface area contributed by atoms with Gasteiger partial charge in [0, 0.05) is 31.9 Å². The molecule has 0 bridgehead atoms. The van der Waals surface area contributed by atoms with Crippen LogP contribution in [-0.2, 0) is 0 Å². The predicted molar refractivity (Wildman–Crippen MR) is 123 cm³/mol. The Morgan fingerprint density at radius 1 is 1.00 bits per heavy atom. The second-order valence-electron chi connectivity index (χ2n) is 6.45. The van der Waals surface area contributed by atoms with Crippen LogP contribution in [0.15, 0.2) is 52.2 Å². The number of nitrogens with zero attached hydrogens (tertiary/aromatic N) is 1. The molecule has 0 amide bonds. The molecule has 0 fully saturated rings. The lowest BCUT2D eigenvalue weighted by Crippen LogP contribution is -2.11. The van der Waals surface area contributed by atoms with Gasteiger partial charge in [-0.15, -0.1) is 0 Å². The van der Waals surface area contributed by atoms with E-state index in [1.165, 1.54) is 0 Å². The van der Waals surface area contributed by atoms with Crippen LogP contribution >= 0.6 is 23.5 Å². The van der Waals surface area contributed by atoms with E-state index >= 15 is 0 Å². The first-order chi connectivity index (χ1) is 13.4. The molecular formula is C22H24ClN3OS. The van der Waals surface area contributed by atoms with Crippen molar-refractivity contribution in [2.75, 3.05) is 14.1 Å². The summed E-state index contributed by atoms with van der Waals surface area (Å²) in [6, 6.07) is 13.9. The van der Waals surface area contributed by atoms with E-state index in [1.807, 2.05) is 69.5 Å². The van der Waals surface area contributed by atoms with Gasteiger partial charge in [-0.2, -0.15) is 0 Å². The molecule has 0 unspecified atom stereocenters. The van der Waals surface area contributed by atoms with Gasteiger partial charge in [0.05, 0.1) is 11.0 Å². The van der Waals surface area contributed by atoms with Gasteiger partial charge in [0.25, 0.3) is 5.56 Å². The second kappa shape index (κ2) is 8.43. The summed E-state index contributed by atoms with van der Waals surface area (Å²) in [4.78, 5) is 20.2. The smallest absolute Gasteiger partial charge is 0.252 e. The fourth-order valence-electron chi connectivity index (χ4n) is 3.27. The molecule has 2 aromatic heterocycles. The van der Waals surface area contributed by atoms with Crippen molar-refractivity contribution in [3.05, 3.63) is 63.4 Å². The molecule has 0 saturated carbocycles. The lowest BCUT2D eigenvalue weighted by Gasteiger charge is -2.12. The Morgan fingerprint density at radius 2 is 1.75 bits per heavy atom. The number of aromatic nitrogens is 2. The molecule has 146 valence electrons. The average Bonchev–Trinajstić information content (AvgIpc) is 3.01. The Balaban J connectivity index is 0.00000109. The minimum absolute atomic E-state index is 0.0842. The van der Waals surface area contributed by atoms with Gasteiger partial charge in [-0.3, -0.25) is 9.10 Å². The highest BCUT2D eigenvalue weighted by molar-refractivity contribution is 7.97. The number of benzene rings is 2. The van der Waals surface area contributed by atoms with Crippen LogP contribution in [0, 0.1) is 6.92 Å². The van der Waals surface area contributed by atoms with Gasteiger partial charge in [0.2, 0.25) is 0 Å². The summed E-state index contributed by atoms with van der Waals surface area (Å²) in [5, 5.41) is 1.57. The van der Waals surface area contributed by atoms with Crippen molar-refractivity contribution >= 4 is 45.5 Å². The van der Waals surface area contributed by atoms with Crippen LogP contribution in [-0.4, -0.2) is 28.4 Å². The summed E-state index contributed by atoms with van der Waals surface area (Å²) in [5.41, 5.74) is 5.22. The number of nitrogens with one attached hydrogen (secondary N) is 2. The van der Waals surface area contributed by atoms with Gasteiger partial charge in [0.15, 0.2) is 0 Å². The largest absolute Gasteiger partial charge is 0.353 e. The molecule has 2 aromatic carbocycles. The number of pyridine rings is 1. The number of hydrogen-bond donors (Lipinski definition) is 2. The van der Waals surface area contributed by atoms with Gasteiger partial charge in [-0.05, 0) is 68.9 Å². The van der Waals surface area contributed by atoms with E-state index in [9.17, 15) is 4.79 Å². The van der Waals surface area contributed by atoms with Crippen LogP contribution in [0.5, 0.6) is 0 Å². The monoisotopic (exact) mass is 413 g/mol. The third-order valence-corrected chi connectivity index (χ3v) is 5.44. The third-order valence-electron chi connectivity index (χ3n) is 4.38. The predicted octanol–water partition coefficient (Wildman–Crippen LogP) is 6.23. The number of fused-ring (bicyclic) bond motifs is 3. The topological polar surface area (TPSA) is 51.9 Å². The highest BCUT2D eigenvalue weighted by Gasteiger charge is 2.16. The summed E-state index contributed by atoms with van der Waals surface area (Å²) in [7, 11) is 4.02. The zero-order chi connectivity index (χ0) is 20.4. The fourth-order valence-corrected chi connectivity index (χ4v) is 4.18. The first kappa shape index (κ1) is 20.5. The van der Waals surface area contributed by atoms with Crippen LogP contribution in [0.25, 0.3) is 33.1 Å². The van der Waals surface area contributed by atoms with E-state index in [0.29, 0.717) is 10.6 Å². The van der Waals surface area contributed by atoms with E-state index in [1.54, 1.807) is 11.9 Å². The van der Waals surface area contributed by atoms with Crippen LogP contribution in [0.1, 0.15) is 19.4 Å². The minimum atomic E-state index is -0.0842. The molecule has 2 heterocycles. The van der Waals surface area contributed by atoms with E-state index in [-0.39, 0.29) is 5.56 Å². The molecule has 4 aromatic rings. The van der Waals surface area contributed by atoms with Crippen LogP contribution in [0.4, 0.5) is 0 Å². The zero-order valence-corrected chi connectivity index (χ0v) is 18.3. The Hall–Kier alpha value is -2.21. The third kappa shape index (κ3) is 3.83. The summed E-state index contributed by atoms with van der Waals surface area (Å²) in [6.45, 7) is 5.86. The van der Waals surface area contributed by atoms with Gasteiger partial charge in [0.1, 0.15) is 0 Å². The standard InChI is InChI=1S/C20H18ClN3OS.C2H6/c1-11-17(12-5-4-6-14(9-12)26-24(2)3)19-18(23-20(11)25)15-10-13(21)7-8-16(15)22-19;1-2/h4-10,22H,1-3H3,(H,23,25);1-2H3. The molecule has 0 aliphatic heterocycles. The molecule has 28 heavy (non-hydrogen) atoms. The van der Waals surface area contributed by atoms with E-state index in [2.05, 4.69) is 22.1 Å². The van der Waals surface area contributed by atoms with Crippen LogP contribution in [0.3, 0.4) is 0 Å². The maximum atomic E-state index is 12.6. The molecule has 0 atom stereocenters.